The molecule has 5 heteroatoms. The molecule has 24 heavy (non-hydrogen) atoms. The van der Waals surface area contributed by atoms with E-state index >= 15 is 0 Å². The number of piperidine rings is 1. The largest absolute Gasteiger partial charge is 0.465 e. The summed E-state index contributed by atoms with van der Waals surface area (Å²) in [5, 5.41) is 12.8. The molecule has 1 aromatic carbocycles. The van der Waals surface area contributed by atoms with Crippen molar-refractivity contribution < 1.29 is 14.6 Å². The first kappa shape index (κ1) is 17.2. The molecule has 1 aromatic rings. The third-order valence-corrected chi connectivity index (χ3v) is 5.22. The lowest BCUT2D eigenvalue weighted by molar-refractivity contribution is -0.0104. The lowest BCUT2D eigenvalue weighted by atomic mass is 9.90. The zero-order valence-electron chi connectivity index (χ0n) is 14.2. The van der Waals surface area contributed by atoms with Gasteiger partial charge in [0.1, 0.15) is 0 Å². The molecule has 2 N–H and O–H groups in total. The Morgan fingerprint density at radius 3 is 2.54 bits per heavy atom. The number of nitrogens with one attached hydrogen (secondary N) is 1. The van der Waals surface area contributed by atoms with E-state index in [1.807, 2.05) is 18.2 Å². The van der Waals surface area contributed by atoms with Gasteiger partial charge in [-0.2, -0.15) is 0 Å². The fraction of sp³-hybridized carbons (Fsp3) is 0.632. The predicted octanol–water partition coefficient (Wildman–Crippen LogP) is 3.25. The molecular weight excluding hydrogens is 304 g/mol. The van der Waals surface area contributed by atoms with Gasteiger partial charge in [0.25, 0.3) is 0 Å². The number of likely N-dealkylation sites (tertiary alicyclic amines) is 1. The molecule has 1 aliphatic carbocycles. The van der Waals surface area contributed by atoms with E-state index in [0.717, 1.165) is 25.7 Å². The summed E-state index contributed by atoms with van der Waals surface area (Å²) in [5.41, 5.74) is 1.22. The summed E-state index contributed by atoms with van der Waals surface area (Å²) in [4.78, 5) is 12.5. The molecule has 2 atom stereocenters. The number of carbonyl (C=O) groups is 1. The Balaban J connectivity index is 1.48. The van der Waals surface area contributed by atoms with E-state index in [1.165, 1.54) is 23.3 Å². The van der Waals surface area contributed by atoms with Gasteiger partial charge in [0.15, 0.2) is 0 Å². The molecule has 1 aliphatic heterocycles. The van der Waals surface area contributed by atoms with E-state index in [1.54, 1.807) is 0 Å². The van der Waals surface area contributed by atoms with E-state index in [2.05, 4.69) is 17.4 Å². The van der Waals surface area contributed by atoms with E-state index in [9.17, 15) is 4.79 Å². The van der Waals surface area contributed by atoms with Gasteiger partial charge >= 0.3 is 6.09 Å². The zero-order valence-corrected chi connectivity index (χ0v) is 14.2. The molecule has 132 valence electrons. The number of hydrogen-bond acceptors (Lipinski definition) is 3. The minimum atomic E-state index is -0.796. The van der Waals surface area contributed by atoms with Gasteiger partial charge in [-0.1, -0.05) is 43.2 Å². The summed E-state index contributed by atoms with van der Waals surface area (Å²) in [6.07, 6.45) is 6.00. The Bertz CT molecular complexity index is 515. The number of amides is 1. The minimum Gasteiger partial charge on any atom is -0.465 e. The highest BCUT2D eigenvalue weighted by Crippen LogP contribution is 2.24. The molecule has 1 heterocycles. The topological polar surface area (TPSA) is 61.8 Å². The van der Waals surface area contributed by atoms with Crippen LogP contribution in [0.3, 0.4) is 0 Å². The van der Waals surface area contributed by atoms with Crippen LogP contribution in [0.1, 0.15) is 44.1 Å². The lowest BCUT2D eigenvalue weighted by Gasteiger charge is -2.38. The lowest BCUT2D eigenvalue weighted by Crippen LogP contribution is -2.52. The summed E-state index contributed by atoms with van der Waals surface area (Å²) in [6, 6.07) is 11.1. The molecule has 2 aliphatic rings. The second kappa shape index (κ2) is 8.49. The van der Waals surface area contributed by atoms with Gasteiger partial charge in [0.05, 0.1) is 12.7 Å². The van der Waals surface area contributed by atoms with Crippen molar-refractivity contribution in [2.45, 2.75) is 63.3 Å². The molecule has 1 amide bonds. The third-order valence-electron chi connectivity index (χ3n) is 5.22. The van der Waals surface area contributed by atoms with Gasteiger partial charge in [0, 0.05) is 25.2 Å². The molecule has 1 saturated heterocycles. The fourth-order valence-electron chi connectivity index (χ4n) is 3.80. The van der Waals surface area contributed by atoms with Crippen molar-refractivity contribution in [2.75, 3.05) is 13.1 Å². The first-order valence-corrected chi connectivity index (χ1v) is 9.12. The van der Waals surface area contributed by atoms with Crippen LogP contribution in [0.2, 0.25) is 0 Å². The number of hydrogen-bond donors (Lipinski definition) is 2. The number of carboxylic acid groups (broad SMARTS) is 1. The molecule has 0 aromatic heterocycles. The van der Waals surface area contributed by atoms with Gasteiger partial charge in [-0.3, -0.25) is 0 Å². The molecule has 0 radical (unpaired) electrons. The summed E-state index contributed by atoms with van der Waals surface area (Å²) < 4.78 is 6.22. The van der Waals surface area contributed by atoms with Gasteiger partial charge in [-0.05, 0) is 31.2 Å². The highest BCUT2D eigenvalue weighted by Gasteiger charge is 2.30. The Hall–Kier alpha value is -1.59. The van der Waals surface area contributed by atoms with Gasteiger partial charge in [-0.15, -0.1) is 0 Å². The summed E-state index contributed by atoms with van der Waals surface area (Å²) in [6.45, 7) is 1.94. The summed E-state index contributed by atoms with van der Waals surface area (Å²) in [7, 11) is 0. The van der Waals surface area contributed by atoms with Crippen molar-refractivity contribution in [3.8, 4) is 0 Å². The average molecular weight is 332 g/mol. The highest BCUT2D eigenvalue weighted by atomic mass is 16.5. The van der Waals surface area contributed by atoms with Crippen LogP contribution in [0, 0.1) is 0 Å². The van der Waals surface area contributed by atoms with Crippen molar-refractivity contribution in [3.05, 3.63) is 35.9 Å². The van der Waals surface area contributed by atoms with Crippen molar-refractivity contribution in [2.24, 2.45) is 0 Å². The van der Waals surface area contributed by atoms with Crippen molar-refractivity contribution >= 4 is 6.09 Å². The maximum Gasteiger partial charge on any atom is 0.407 e. The van der Waals surface area contributed by atoms with E-state index in [0.29, 0.717) is 31.8 Å². The van der Waals surface area contributed by atoms with Crippen LogP contribution < -0.4 is 5.32 Å². The van der Waals surface area contributed by atoms with Crippen molar-refractivity contribution in [1.82, 2.24) is 10.2 Å². The van der Waals surface area contributed by atoms with Crippen LogP contribution in [0.5, 0.6) is 0 Å². The molecule has 2 fully saturated rings. The molecule has 1 saturated carbocycles. The Kier molecular flexibility index (Phi) is 6.10. The number of benzene rings is 1. The Labute approximate surface area is 144 Å². The van der Waals surface area contributed by atoms with Crippen LogP contribution >= 0.6 is 0 Å². The zero-order chi connectivity index (χ0) is 16.8. The molecule has 0 spiro atoms. The monoisotopic (exact) mass is 332 g/mol. The molecule has 0 bridgehead atoms. The smallest absolute Gasteiger partial charge is 0.407 e. The molecule has 3 rings (SSSR count). The average Bonchev–Trinajstić information content (AvgIpc) is 2.62. The van der Waals surface area contributed by atoms with E-state index < -0.39 is 6.09 Å². The van der Waals surface area contributed by atoms with Crippen LogP contribution in [-0.2, 0) is 11.3 Å². The van der Waals surface area contributed by atoms with E-state index in [-0.39, 0.29) is 6.10 Å². The van der Waals surface area contributed by atoms with Crippen molar-refractivity contribution in [3.63, 3.8) is 0 Å². The highest BCUT2D eigenvalue weighted by molar-refractivity contribution is 5.65. The maximum absolute atomic E-state index is 11.0. The van der Waals surface area contributed by atoms with E-state index in [4.69, 9.17) is 9.84 Å². The quantitative estimate of drug-likeness (QED) is 0.869. The first-order valence-electron chi connectivity index (χ1n) is 9.12. The summed E-state index contributed by atoms with van der Waals surface area (Å²) >= 11 is 0. The Morgan fingerprint density at radius 2 is 1.83 bits per heavy atom. The molecular formula is C19H28N2O3. The van der Waals surface area contributed by atoms with Crippen LogP contribution in [0.15, 0.2) is 30.3 Å². The number of nitrogens with zero attached hydrogens (tertiary/aromatic N) is 1. The second-order valence-corrected chi connectivity index (χ2v) is 6.94. The maximum atomic E-state index is 11.0. The minimum absolute atomic E-state index is 0.261. The van der Waals surface area contributed by atoms with Crippen molar-refractivity contribution in [1.29, 1.82) is 0 Å². The standard InChI is InChI=1S/C19H28N2O3/c22-19(23)21-12-10-16(11-13-21)20-17-8-4-5-9-18(17)24-14-15-6-2-1-3-7-15/h1-3,6-7,16-18,20H,4-5,8-14H2,(H,22,23)/t17-,18-/m1/s1. The summed E-state index contributed by atoms with van der Waals surface area (Å²) in [5.74, 6) is 0. The van der Waals surface area contributed by atoms with Gasteiger partial charge in [0.2, 0.25) is 0 Å². The first-order chi connectivity index (χ1) is 11.7. The van der Waals surface area contributed by atoms with Gasteiger partial charge < -0.3 is 20.1 Å². The normalized spacial score (nSPS) is 25.6. The number of ether oxygens (including phenoxy) is 1. The third kappa shape index (κ3) is 4.71. The number of rotatable bonds is 5. The SMILES string of the molecule is O=C(O)N1CCC(N[C@@H]2CCCC[C@H]2OCc2ccccc2)CC1. The molecule has 0 unspecified atom stereocenters. The second-order valence-electron chi connectivity index (χ2n) is 6.94. The van der Waals surface area contributed by atoms with Gasteiger partial charge in [-0.25, -0.2) is 4.79 Å². The van der Waals surface area contributed by atoms with Crippen LogP contribution in [0.4, 0.5) is 4.79 Å². The molecule has 5 nitrogen and oxygen atoms in total. The van der Waals surface area contributed by atoms with Crippen LogP contribution in [0.25, 0.3) is 0 Å². The van der Waals surface area contributed by atoms with Crippen LogP contribution in [-0.4, -0.2) is 47.4 Å². The fourth-order valence-corrected chi connectivity index (χ4v) is 3.80. The Morgan fingerprint density at radius 1 is 1.12 bits per heavy atom. The predicted molar refractivity (Wildman–Crippen MR) is 93.0 cm³/mol.